The fourth-order valence-electron chi connectivity index (χ4n) is 3.54. The van der Waals surface area contributed by atoms with E-state index in [2.05, 4.69) is 23.1 Å². The lowest BCUT2D eigenvalue weighted by molar-refractivity contribution is -0.131. The molecule has 2 heterocycles. The molecule has 23 heavy (non-hydrogen) atoms. The van der Waals surface area contributed by atoms with Crippen molar-refractivity contribution in [3.8, 4) is 0 Å². The highest BCUT2D eigenvalue weighted by atomic mass is 32.2. The maximum Gasteiger partial charge on any atom is 0.224 e. The summed E-state index contributed by atoms with van der Waals surface area (Å²) in [5, 5.41) is 0. The molecule has 0 saturated carbocycles. The number of anilines is 1. The molecule has 1 atom stereocenters. The van der Waals surface area contributed by atoms with E-state index in [0.29, 0.717) is 19.4 Å². The number of fused-ring (bicyclic) bond motifs is 1. The summed E-state index contributed by atoms with van der Waals surface area (Å²) in [5.41, 5.74) is 2.58. The van der Waals surface area contributed by atoms with E-state index in [0.717, 1.165) is 19.4 Å². The highest BCUT2D eigenvalue weighted by Crippen LogP contribution is 2.26. The monoisotopic (exact) mass is 336 g/mol. The molecule has 2 aliphatic rings. The molecule has 0 aliphatic carbocycles. The number of hydrogen-bond donors (Lipinski definition) is 0. The third-order valence-corrected chi connectivity index (χ3v) is 6.70. The van der Waals surface area contributed by atoms with Crippen molar-refractivity contribution in [2.75, 3.05) is 36.5 Å². The average Bonchev–Trinajstić information content (AvgIpc) is 2.91. The normalized spacial score (nSPS) is 22.7. The number of nitrogens with zero attached hydrogens (tertiary/aromatic N) is 2. The first-order valence-corrected chi connectivity index (χ1v) is 10.1. The Bertz CT molecular complexity index is 687. The Morgan fingerprint density at radius 1 is 1.35 bits per heavy atom. The van der Waals surface area contributed by atoms with Crippen molar-refractivity contribution < 1.29 is 13.2 Å². The molecule has 1 fully saturated rings. The van der Waals surface area contributed by atoms with E-state index in [4.69, 9.17) is 0 Å². The molecule has 1 aromatic rings. The van der Waals surface area contributed by atoms with Gasteiger partial charge in [0.15, 0.2) is 9.84 Å². The second-order valence-electron chi connectivity index (χ2n) is 6.53. The van der Waals surface area contributed by atoms with Crippen LogP contribution in [0.15, 0.2) is 24.3 Å². The van der Waals surface area contributed by atoms with Crippen molar-refractivity contribution in [1.82, 2.24) is 4.90 Å². The van der Waals surface area contributed by atoms with Crippen LogP contribution in [0.2, 0.25) is 0 Å². The predicted octanol–water partition coefficient (Wildman–Crippen LogP) is 1.47. The topological polar surface area (TPSA) is 57.7 Å². The van der Waals surface area contributed by atoms with Crippen LogP contribution in [0.5, 0.6) is 0 Å². The van der Waals surface area contributed by atoms with E-state index < -0.39 is 9.84 Å². The van der Waals surface area contributed by atoms with Gasteiger partial charge in [-0.2, -0.15) is 0 Å². The summed E-state index contributed by atoms with van der Waals surface area (Å²) in [5.74, 6) is 0.353. The van der Waals surface area contributed by atoms with Gasteiger partial charge in [-0.25, -0.2) is 8.42 Å². The molecule has 1 amide bonds. The molecule has 1 unspecified atom stereocenters. The molecule has 6 heteroatoms. The van der Waals surface area contributed by atoms with E-state index in [1.807, 2.05) is 6.07 Å². The van der Waals surface area contributed by atoms with Crippen LogP contribution < -0.4 is 4.90 Å². The zero-order valence-corrected chi connectivity index (χ0v) is 14.4. The van der Waals surface area contributed by atoms with E-state index in [1.54, 1.807) is 11.9 Å². The van der Waals surface area contributed by atoms with Gasteiger partial charge in [0.25, 0.3) is 0 Å². The molecule has 5 nitrogen and oxygen atoms in total. The molecule has 1 saturated heterocycles. The number of amides is 1. The van der Waals surface area contributed by atoms with Crippen LogP contribution in [0, 0.1) is 0 Å². The van der Waals surface area contributed by atoms with Gasteiger partial charge in [0.05, 0.1) is 11.5 Å². The van der Waals surface area contributed by atoms with Crippen LogP contribution >= 0.6 is 0 Å². The van der Waals surface area contributed by atoms with Gasteiger partial charge < -0.3 is 9.80 Å². The number of benzene rings is 1. The third-order valence-electron chi connectivity index (χ3n) is 4.95. The molecule has 3 rings (SSSR count). The summed E-state index contributed by atoms with van der Waals surface area (Å²) in [4.78, 5) is 16.3. The number of rotatable bonds is 4. The molecule has 126 valence electrons. The number of carbonyl (C=O) groups excluding carboxylic acids is 1. The highest BCUT2D eigenvalue weighted by Gasteiger charge is 2.32. The van der Waals surface area contributed by atoms with E-state index in [-0.39, 0.29) is 23.5 Å². The second kappa shape index (κ2) is 6.51. The van der Waals surface area contributed by atoms with Crippen LogP contribution in [0.25, 0.3) is 0 Å². The van der Waals surface area contributed by atoms with Gasteiger partial charge in [0.1, 0.15) is 0 Å². The minimum atomic E-state index is -2.95. The molecule has 0 N–H and O–H groups in total. The Hall–Kier alpha value is -1.56. The van der Waals surface area contributed by atoms with Gasteiger partial charge in [0, 0.05) is 38.3 Å². The van der Waals surface area contributed by atoms with Crippen molar-refractivity contribution in [1.29, 1.82) is 0 Å². The van der Waals surface area contributed by atoms with Gasteiger partial charge in [-0.05, 0) is 30.9 Å². The average molecular weight is 336 g/mol. The number of sulfone groups is 1. The Labute approximate surface area is 138 Å². The highest BCUT2D eigenvalue weighted by molar-refractivity contribution is 7.91. The van der Waals surface area contributed by atoms with Crippen LogP contribution in [-0.2, 0) is 21.1 Å². The molecular formula is C17H24N2O3S. The SMILES string of the molecule is CN(C(=O)CCN1CCCc2ccccc21)C1CCS(=O)(=O)C1. The zero-order chi connectivity index (χ0) is 16.4. The van der Waals surface area contributed by atoms with Crippen molar-refractivity contribution in [2.45, 2.75) is 31.7 Å². The predicted molar refractivity (Wildman–Crippen MR) is 91.4 cm³/mol. The summed E-state index contributed by atoms with van der Waals surface area (Å²) in [6.45, 7) is 1.67. The van der Waals surface area contributed by atoms with E-state index in [9.17, 15) is 13.2 Å². The van der Waals surface area contributed by atoms with Crippen LogP contribution in [-0.4, -0.2) is 56.9 Å². The van der Waals surface area contributed by atoms with Crippen LogP contribution in [0.1, 0.15) is 24.8 Å². The lowest BCUT2D eigenvalue weighted by Gasteiger charge is -2.32. The van der Waals surface area contributed by atoms with Gasteiger partial charge in [-0.3, -0.25) is 4.79 Å². The summed E-state index contributed by atoms with van der Waals surface area (Å²) in [6, 6.07) is 8.21. The smallest absolute Gasteiger partial charge is 0.224 e. The molecule has 0 radical (unpaired) electrons. The van der Waals surface area contributed by atoms with E-state index >= 15 is 0 Å². The van der Waals surface area contributed by atoms with Gasteiger partial charge in [-0.1, -0.05) is 18.2 Å². The maximum atomic E-state index is 12.4. The molecule has 0 spiro atoms. The number of hydrogen-bond acceptors (Lipinski definition) is 4. The lowest BCUT2D eigenvalue weighted by atomic mass is 10.0. The van der Waals surface area contributed by atoms with Crippen LogP contribution in [0.3, 0.4) is 0 Å². The second-order valence-corrected chi connectivity index (χ2v) is 8.76. The fraction of sp³-hybridized carbons (Fsp3) is 0.588. The minimum absolute atomic E-state index is 0.0372. The van der Waals surface area contributed by atoms with Gasteiger partial charge in [-0.15, -0.1) is 0 Å². The van der Waals surface area contributed by atoms with Crippen LogP contribution in [0.4, 0.5) is 5.69 Å². The first-order valence-electron chi connectivity index (χ1n) is 8.25. The number of para-hydroxylation sites is 1. The first-order chi connectivity index (χ1) is 11.0. The Morgan fingerprint density at radius 3 is 2.87 bits per heavy atom. The van der Waals surface area contributed by atoms with Gasteiger partial charge in [0.2, 0.25) is 5.91 Å². The number of aryl methyl sites for hydroxylation is 1. The summed E-state index contributed by atoms with van der Waals surface area (Å²) in [7, 11) is -1.22. The Kier molecular flexibility index (Phi) is 4.62. The summed E-state index contributed by atoms with van der Waals surface area (Å²) in [6.07, 6.45) is 3.21. The quantitative estimate of drug-likeness (QED) is 0.836. The molecule has 1 aromatic carbocycles. The molecule has 0 bridgehead atoms. The molecule has 2 aliphatic heterocycles. The summed E-state index contributed by atoms with van der Waals surface area (Å²) >= 11 is 0. The first kappa shape index (κ1) is 16.3. The lowest BCUT2D eigenvalue weighted by Crippen LogP contribution is -2.40. The van der Waals surface area contributed by atoms with Crippen molar-refractivity contribution in [3.63, 3.8) is 0 Å². The van der Waals surface area contributed by atoms with Gasteiger partial charge >= 0.3 is 0 Å². The molecular weight excluding hydrogens is 312 g/mol. The van der Waals surface area contributed by atoms with E-state index in [1.165, 1.54) is 11.3 Å². The zero-order valence-electron chi connectivity index (χ0n) is 13.6. The standard InChI is InChI=1S/C17H24N2O3S/c1-18(15-9-12-23(21,22)13-15)17(20)8-11-19-10-4-6-14-5-2-3-7-16(14)19/h2-3,5,7,15H,4,6,8-13H2,1H3. The summed E-state index contributed by atoms with van der Waals surface area (Å²) < 4.78 is 23.1. The van der Waals surface area contributed by atoms with Crippen molar-refractivity contribution in [3.05, 3.63) is 29.8 Å². The minimum Gasteiger partial charge on any atom is -0.371 e. The fourth-order valence-corrected chi connectivity index (χ4v) is 5.31. The molecule has 0 aromatic heterocycles. The Balaban J connectivity index is 1.58. The third kappa shape index (κ3) is 3.68. The number of carbonyl (C=O) groups is 1. The van der Waals surface area contributed by atoms with Crippen molar-refractivity contribution in [2.24, 2.45) is 0 Å². The largest absolute Gasteiger partial charge is 0.371 e. The Morgan fingerprint density at radius 2 is 2.13 bits per heavy atom. The van der Waals surface area contributed by atoms with Crippen molar-refractivity contribution >= 4 is 21.4 Å². The maximum absolute atomic E-state index is 12.4.